The molecule has 2 aromatic heterocycles. The molecule has 0 saturated carbocycles. The third-order valence-electron chi connectivity index (χ3n) is 4.09. The summed E-state index contributed by atoms with van der Waals surface area (Å²) in [6.45, 7) is 6.44. The largest absolute Gasteiger partial charge is 0.317 e. The molecule has 1 aliphatic rings. The fraction of sp³-hybridized carbons (Fsp3) is 0.438. The predicted octanol–water partition coefficient (Wildman–Crippen LogP) is 2.81. The van der Waals surface area contributed by atoms with E-state index in [0.29, 0.717) is 23.6 Å². The van der Waals surface area contributed by atoms with Crippen LogP contribution < -0.4 is 10.2 Å². The third kappa shape index (κ3) is 2.88. The Kier molecular flexibility index (Phi) is 3.75. The quantitative estimate of drug-likeness (QED) is 0.940. The minimum Gasteiger partial charge on any atom is -0.317 e. The van der Waals surface area contributed by atoms with Crippen LogP contribution in [0.2, 0.25) is 0 Å². The van der Waals surface area contributed by atoms with E-state index in [2.05, 4.69) is 10.4 Å². The highest BCUT2D eigenvalue weighted by atomic mass is 32.1. The summed E-state index contributed by atoms with van der Waals surface area (Å²) in [5, 5.41) is 9.07. The third-order valence-corrected chi connectivity index (χ3v) is 4.95. The van der Waals surface area contributed by atoms with Crippen LogP contribution >= 0.6 is 11.3 Å². The summed E-state index contributed by atoms with van der Waals surface area (Å²) in [7, 11) is 1.78. The van der Waals surface area contributed by atoms with E-state index in [0.717, 1.165) is 11.3 Å². The number of aromatic nitrogens is 2. The van der Waals surface area contributed by atoms with Gasteiger partial charge in [-0.1, -0.05) is 13.8 Å². The van der Waals surface area contributed by atoms with Gasteiger partial charge in [-0.25, -0.2) is 0 Å². The highest BCUT2D eigenvalue weighted by Gasteiger charge is 2.41. The predicted molar refractivity (Wildman–Crippen MR) is 91.0 cm³/mol. The van der Waals surface area contributed by atoms with Crippen LogP contribution in [-0.4, -0.2) is 28.1 Å². The lowest BCUT2D eigenvalue weighted by Crippen LogP contribution is -2.31. The lowest BCUT2D eigenvalue weighted by atomic mass is 9.92. The van der Waals surface area contributed by atoms with Gasteiger partial charge in [-0.2, -0.15) is 5.10 Å². The summed E-state index contributed by atoms with van der Waals surface area (Å²) in [5.74, 6) is 0.371. The molecule has 0 spiro atoms. The number of rotatable bonds is 3. The van der Waals surface area contributed by atoms with Crippen molar-refractivity contribution in [1.29, 1.82) is 0 Å². The second-order valence-electron chi connectivity index (χ2n) is 6.53. The fourth-order valence-electron chi connectivity index (χ4n) is 2.69. The van der Waals surface area contributed by atoms with Gasteiger partial charge in [0.25, 0.3) is 5.91 Å². The SMILES string of the molecule is Cc1cc(C(=O)Nc2cn(C)nc2N2CCC(C)(C)C2=O)cs1. The number of hydrogen-bond acceptors (Lipinski definition) is 4. The van der Waals surface area contributed by atoms with Gasteiger partial charge in [0.15, 0.2) is 5.82 Å². The van der Waals surface area contributed by atoms with Gasteiger partial charge in [0.2, 0.25) is 5.91 Å². The number of amides is 2. The molecule has 0 radical (unpaired) electrons. The summed E-state index contributed by atoms with van der Waals surface area (Å²) in [6, 6.07) is 1.85. The van der Waals surface area contributed by atoms with Gasteiger partial charge in [-0.05, 0) is 19.4 Å². The van der Waals surface area contributed by atoms with Gasteiger partial charge >= 0.3 is 0 Å². The molecule has 1 N–H and O–H groups in total. The van der Waals surface area contributed by atoms with Crippen molar-refractivity contribution in [2.24, 2.45) is 12.5 Å². The average molecular weight is 332 g/mol. The molecule has 0 atom stereocenters. The maximum atomic E-state index is 12.5. The van der Waals surface area contributed by atoms with Crippen molar-refractivity contribution in [2.75, 3.05) is 16.8 Å². The van der Waals surface area contributed by atoms with Gasteiger partial charge in [-0.15, -0.1) is 11.3 Å². The summed E-state index contributed by atoms with van der Waals surface area (Å²) in [5.41, 5.74) is 0.797. The summed E-state index contributed by atoms with van der Waals surface area (Å²) in [4.78, 5) is 27.6. The molecule has 6 nitrogen and oxygen atoms in total. The Morgan fingerprint density at radius 1 is 1.43 bits per heavy atom. The van der Waals surface area contributed by atoms with E-state index in [1.54, 1.807) is 22.8 Å². The van der Waals surface area contributed by atoms with Crippen molar-refractivity contribution in [3.8, 4) is 0 Å². The van der Waals surface area contributed by atoms with Crippen molar-refractivity contribution in [1.82, 2.24) is 9.78 Å². The number of nitrogens with zero attached hydrogens (tertiary/aromatic N) is 3. The molecule has 3 heterocycles. The number of thiophene rings is 1. The summed E-state index contributed by atoms with van der Waals surface area (Å²) in [6.07, 6.45) is 2.50. The second kappa shape index (κ2) is 5.49. The van der Waals surface area contributed by atoms with Crippen LogP contribution in [0.5, 0.6) is 0 Å². The van der Waals surface area contributed by atoms with E-state index in [4.69, 9.17) is 0 Å². The Bertz CT molecular complexity index is 775. The smallest absolute Gasteiger partial charge is 0.256 e. The van der Waals surface area contributed by atoms with Crippen LogP contribution in [0.25, 0.3) is 0 Å². The Labute approximate surface area is 139 Å². The summed E-state index contributed by atoms with van der Waals surface area (Å²) >= 11 is 1.53. The first-order valence-electron chi connectivity index (χ1n) is 7.50. The second-order valence-corrected chi connectivity index (χ2v) is 7.65. The lowest BCUT2D eigenvalue weighted by molar-refractivity contribution is -0.124. The molecule has 0 bridgehead atoms. The molecule has 2 aromatic rings. The minimum atomic E-state index is -0.386. The molecule has 0 unspecified atom stereocenters. The molecule has 1 fully saturated rings. The van der Waals surface area contributed by atoms with Crippen molar-refractivity contribution < 1.29 is 9.59 Å². The van der Waals surface area contributed by atoms with Gasteiger partial charge in [0.1, 0.15) is 5.69 Å². The maximum absolute atomic E-state index is 12.5. The van der Waals surface area contributed by atoms with Crippen LogP contribution in [0.1, 0.15) is 35.5 Å². The zero-order valence-electron chi connectivity index (χ0n) is 13.7. The molecule has 23 heavy (non-hydrogen) atoms. The molecule has 3 rings (SSSR count). The first kappa shape index (κ1) is 15.7. The van der Waals surface area contributed by atoms with Gasteiger partial charge < -0.3 is 5.32 Å². The van der Waals surface area contributed by atoms with Gasteiger partial charge in [0.05, 0.1) is 11.8 Å². The molecular formula is C16H20N4O2S. The zero-order chi connectivity index (χ0) is 16.8. The van der Waals surface area contributed by atoms with E-state index in [9.17, 15) is 9.59 Å². The summed E-state index contributed by atoms with van der Waals surface area (Å²) < 4.78 is 1.61. The number of carbonyl (C=O) groups is 2. The van der Waals surface area contributed by atoms with Crippen molar-refractivity contribution in [3.63, 3.8) is 0 Å². The van der Waals surface area contributed by atoms with E-state index < -0.39 is 0 Å². The van der Waals surface area contributed by atoms with E-state index >= 15 is 0 Å². The zero-order valence-corrected chi connectivity index (χ0v) is 14.5. The Morgan fingerprint density at radius 2 is 2.17 bits per heavy atom. The van der Waals surface area contributed by atoms with Crippen LogP contribution in [-0.2, 0) is 11.8 Å². The Morgan fingerprint density at radius 3 is 2.74 bits per heavy atom. The van der Waals surface area contributed by atoms with E-state index in [1.165, 1.54) is 11.3 Å². The van der Waals surface area contributed by atoms with Gasteiger partial charge in [0, 0.05) is 29.3 Å². The van der Waals surface area contributed by atoms with Crippen molar-refractivity contribution in [3.05, 3.63) is 28.1 Å². The molecular weight excluding hydrogens is 312 g/mol. The standard InChI is InChI=1S/C16H20N4O2S/c1-10-7-11(9-23-10)14(21)17-12-8-19(4)18-13(12)20-6-5-16(2,3)15(20)22/h7-9H,5-6H2,1-4H3,(H,17,21). The normalized spacial score (nSPS) is 16.9. The average Bonchev–Trinajstić information content (AvgIpc) is 3.11. The molecule has 0 aliphatic carbocycles. The van der Waals surface area contributed by atoms with Crippen LogP contribution in [0.4, 0.5) is 11.5 Å². The molecule has 7 heteroatoms. The Hall–Kier alpha value is -2.15. The monoisotopic (exact) mass is 332 g/mol. The number of nitrogens with one attached hydrogen (secondary N) is 1. The molecule has 122 valence electrons. The molecule has 2 amide bonds. The number of aryl methyl sites for hydroxylation is 2. The minimum absolute atomic E-state index is 0.0399. The van der Waals surface area contributed by atoms with Gasteiger partial charge in [-0.3, -0.25) is 19.2 Å². The van der Waals surface area contributed by atoms with Crippen molar-refractivity contribution in [2.45, 2.75) is 27.2 Å². The highest BCUT2D eigenvalue weighted by Crippen LogP contribution is 2.36. The van der Waals surface area contributed by atoms with E-state index in [-0.39, 0.29) is 17.2 Å². The topological polar surface area (TPSA) is 67.2 Å². The van der Waals surface area contributed by atoms with Crippen molar-refractivity contribution >= 4 is 34.7 Å². The molecule has 1 saturated heterocycles. The van der Waals surface area contributed by atoms with Crippen LogP contribution in [0, 0.1) is 12.3 Å². The fourth-order valence-corrected chi connectivity index (χ4v) is 3.37. The molecule has 1 aliphatic heterocycles. The first-order chi connectivity index (χ1) is 10.8. The Balaban J connectivity index is 1.87. The van der Waals surface area contributed by atoms with Crippen LogP contribution in [0.15, 0.2) is 17.6 Å². The van der Waals surface area contributed by atoms with Crippen LogP contribution in [0.3, 0.4) is 0 Å². The number of carbonyl (C=O) groups excluding carboxylic acids is 2. The number of anilines is 2. The van der Waals surface area contributed by atoms with E-state index in [1.807, 2.05) is 32.2 Å². The number of hydrogen-bond donors (Lipinski definition) is 1. The first-order valence-corrected chi connectivity index (χ1v) is 8.38. The highest BCUT2D eigenvalue weighted by molar-refractivity contribution is 7.10. The lowest BCUT2D eigenvalue weighted by Gasteiger charge is -2.18. The molecule has 0 aromatic carbocycles. The maximum Gasteiger partial charge on any atom is 0.256 e.